The molecule has 1 rings (SSSR count). The summed E-state index contributed by atoms with van der Waals surface area (Å²) in [6.45, 7) is 1.95. The van der Waals surface area contributed by atoms with Gasteiger partial charge in [0.25, 0.3) is 0 Å². The van der Waals surface area contributed by atoms with E-state index < -0.39 is 0 Å². The van der Waals surface area contributed by atoms with E-state index in [1.54, 1.807) is 0 Å². The van der Waals surface area contributed by atoms with E-state index in [1.165, 1.54) is 6.92 Å². The van der Waals surface area contributed by atoms with Gasteiger partial charge in [-0.05, 0) is 12.8 Å². The van der Waals surface area contributed by atoms with Crippen molar-refractivity contribution in [3.8, 4) is 0 Å². The summed E-state index contributed by atoms with van der Waals surface area (Å²) in [6, 6.07) is -0.0485. The molecule has 3 amide bonds. The van der Waals surface area contributed by atoms with Crippen molar-refractivity contribution in [1.29, 1.82) is 0 Å². The summed E-state index contributed by atoms with van der Waals surface area (Å²) in [4.78, 5) is 23.5. The van der Waals surface area contributed by atoms with Crippen LogP contribution in [0.4, 0.5) is 4.79 Å². The van der Waals surface area contributed by atoms with E-state index in [9.17, 15) is 9.59 Å². The monoisotopic (exact) mass is 185 g/mol. The van der Waals surface area contributed by atoms with Crippen LogP contribution < -0.4 is 11.1 Å². The molecular formula is C8H15N3O2. The van der Waals surface area contributed by atoms with Gasteiger partial charge in [-0.1, -0.05) is 0 Å². The lowest BCUT2D eigenvalue weighted by Gasteiger charge is -2.18. The Morgan fingerprint density at radius 3 is 2.54 bits per heavy atom. The van der Waals surface area contributed by atoms with Crippen LogP contribution in [0.5, 0.6) is 0 Å². The lowest BCUT2D eigenvalue weighted by atomic mass is 10.5. The Kier molecular flexibility index (Phi) is 3.25. The van der Waals surface area contributed by atoms with Gasteiger partial charge in [-0.25, -0.2) is 4.79 Å². The van der Waals surface area contributed by atoms with Crippen LogP contribution in [-0.2, 0) is 4.79 Å². The maximum atomic E-state index is 11.4. The van der Waals surface area contributed by atoms with Gasteiger partial charge in [0.1, 0.15) is 0 Å². The van der Waals surface area contributed by atoms with E-state index in [4.69, 9.17) is 5.73 Å². The Hall–Kier alpha value is -1.10. The number of rotatable bonds is 3. The van der Waals surface area contributed by atoms with E-state index >= 15 is 0 Å². The first kappa shape index (κ1) is 9.98. The van der Waals surface area contributed by atoms with Gasteiger partial charge >= 0.3 is 6.03 Å². The second kappa shape index (κ2) is 4.23. The smallest absolute Gasteiger partial charge is 0.324 e. The van der Waals surface area contributed by atoms with E-state index in [-0.39, 0.29) is 24.5 Å². The van der Waals surface area contributed by atoms with E-state index in [1.807, 2.05) is 0 Å². The number of urea groups is 1. The largest absolute Gasteiger partial charge is 0.335 e. The predicted molar refractivity (Wildman–Crippen MR) is 48.0 cm³/mol. The first-order valence-electron chi connectivity index (χ1n) is 4.44. The van der Waals surface area contributed by atoms with Gasteiger partial charge in [0.15, 0.2) is 0 Å². The molecule has 13 heavy (non-hydrogen) atoms. The molecule has 5 nitrogen and oxygen atoms in total. The molecule has 0 aromatic rings. The summed E-state index contributed by atoms with van der Waals surface area (Å²) in [6.07, 6.45) is 2.03. The normalized spacial score (nSPS) is 15.2. The van der Waals surface area contributed by atoms with Crippen LogP contribution in [0, 0.1) is 0 Å². The Morgan fingerprint density at radius 1 is 1.54 bits per heavy atom. The molecule has 0 heterocycles. The molecule has 0 saturated heterocycles. The van der Waals surface area contributed by atoms with E-state index in [0.29, 0.717) is 6.54 Å². The van der Waals surface area contributed by atoms with E-state index in [2.05, 4.69) is 5.32 Å². The van der Waals surface area contributed by atoms with Gasteiger partial charge in [-0.2, -0.15) is 0 Å². The molecule has 3 N–H and O–H groups in total. The first-order chi connectivity index (χ1) is 6.15. The lowest BCUT2D eigenvalue weighted by Crippen LogP contribution is -2.45. The maximum absolute atomic E-state index is 11.4. The van der Waals surface area contributed by atoms with Crippen molar-refractivity contribution in [1.82, 2.24) is 10.2 Å². The zero-order valence-electron chi connectivity index (χ0n) is 7.75. The SMILES string of the molecule is CC(=O)N(CCN)C(=O)NC1CC1. The molecule has 0 aliphatic heterocycles. The van der Waals surface area contributed by atoms with Crippen molar-refractivity contribution in [3.63, 3.8) is 0 Å². The third-order valence-electron chi connectivity index (χ3n) is 1.88. The topological polar surface area (TPSA) is 75.4 Å². The van der Waals surface area contributed by atoms with Gasteiger partial charge in [0.05, 0.1) is 0 Å². The van der Waals surface area contributed by atoms with Crippen molar-refractivity contribution in [2.45, 2.75) is 25.8 Å². The number of imide groups is 1. The molecule has 0 atom stereocenters. The fraction of sp³-hybridized carbons (Fsp3) is 0.750. The molecule has 1 fully saturated rings. The van der Waals surface area contributed by atoms with Crippen LogP contribution in [0.25, 0.3) is 0 Å². The number of hydrogen-bond donors (Lipinski definition) is 2. The standard InChI is InChI=1S/C8H15N3O2/c1-6(12)11(5-4-9)8(13)10-7-2-3-7/h7H,2-5,9H2,1H3,(H,10,13). The fourth-order valence-corrected chi connectivity index (χ4v) is 1.01. The van der Waals surface area contributed by atoms with Crippen LogP contribution in [0.1, 0.15) is 19.8 Å². The number of carbonyl (C=O) groups is 2. The second-order valence-electron chi connectivity index (χ2n) is 3.18. The Morgan fingerprint density at radius 2 is 2.15 bits per heavy atom. The highest BCUT2D eigenvalue weighted by molar-refractivity contribution is 5.93. The van der Waals surface area contributed by atoms with Crippen molar-refractivity contribution in [2.24, 2.45) is 5.73 Å². The molecule has 74 valence electrons. The van der Waals surface area contributed by atoms with Crippen LogP contribution in [0.3, 0.4) is 0 Å². The molecule has 0 spiro atoms. The Labute approximate surface area is 77.3 Å². The number of nitrogens with two attached hydrogens (primary N) is 1. The van der Waals surface area contributed by atoms with Crippen LogP contribution in [-0.4, -0.2) is 36.0 Å². The van der Waals surface area contributed by atoms with Crippen molar-refractivity contribution in [2.75, 3.05) is 13.1 Å². The minimum atomic E-state index is -0.319. The number of amides is 3. The minimum Gasteiger partial charge on any atom is -0.335 e. The van der Waals surface area contributed by atoms with Gasteiger partial charge in [0, 0.05) is 26.1 Å². The average molecular weight is 185 g/mol. The minimum absolute atomic E-state index is 0.261. The van der Waals surface area contributed by atoms with Gasteiger partial charge in [-0.15, -0.1) is 0 Å². The van der Waals surface area contributed by atoms with Crippen LogP contribution >= 0.6 is 0 Å². The summed E-state index contributed by atoms with van der Waals surface area (Å²) < 4.78 is 0. The highest BCUT2D eigenvalue weighted by atomic mass is 16.2. The van der Waals surface area contributed by atoms with Crippen molar-refractivity contribution >= 4 is 11.9 Å². The number of hydrogen-bond acceptors (Lipinski definition) is 3. The molecule has 0 unspecified atom stereocenters. The lowest BCUT2D eigenvalue weighted by molar-refractivity contribution is -0.125. The molecule has 1 saturated carbocycles. The summed E-state index contributed by atoms with van der Waals surface area (Å²) in [5.41, 5.74) is 5.28. The highest BCUT2D eigenvalue weighted by Gasteiger charge is 2.26. The highest BCUT2D eigenvalue weighted by Crippen LogP contribution is 2.18. The molecular weight excluding hydrogens is 170 g/mol. The first-order valence-corrected chi connectivity index (χ1v) is 4.44. The number of carbonyl (C=O) groups excluding carboxylic acids is 2. The maximum Gasteiger partial charge on any atom is 0.324 e. The summed E-state index contributed by atoms with van der Waals surface area (Å²) >= 11 is 0. The fourth-order valence-electron chi connectivity index (χ4n) is 1.01. The Balaban J connectivity index is 2.41. The number of nitrogens with one attached hydrogen (secondary N) is 1. The molecule has 0 bridgehead atoms. The molecule has 1 aliphatic carbocycles. The van der Waals surface area contributed by atoms with Crippen LogP contribution in [0.2, 0.25) is 0 Å². The summed E-state index contributed by atoms with van der Waals surface area (Å²) in [5, 5.41) is 2.73. The third-order valence-corrected chi connectivity index (χ3v) is 1.88. The molecule has 5 heteroatoms. The molecule has 0 aromatic carbocycles. The van der Waals surface area contributed by atoms with Crippen LogP contribution in [0.15, 0.2) is 0 Å². The zero-order valence-corrected chi connectivity index (χ0v) is 7.75. The van der Waals surface area contributed by atoms with Gasteiger partial charge < -0.3 is 11.1 Å². The summed E-state index contributed by atoms with van der Waals surface area (Å²) in [7, 11) is 0. The summed E-state index contributed by atoms with van der Waals surface area (Å²) in [5.74, 6) is -0.261. The quantitative estimate of drug-likeness (QED) is 0.632. The molecule has 0 radical (unpaired) electrons. The Bertz CT molecular complexity index is 213. The van der Waals surface area contributed by atoms with Crippen molar-refractivity contribution < 1.29 is 9.59 Å². The second-order valence-corrected chi connectivity index (χ2v) is 3.18. The number of nitrogens with zero attached hydrogens (tertiary/aromatic N) is 1. The average Bonchev–Trinajstić information content (AvgIpc) is 2.83. The third kappa shape index (κ3) is 3.02. The predicted octanol–water partition coefficient (Wildman–Crippen LogP) is -0.334. The molecule has 0 aromatic heterocycles. The van der Waals surface area contributed by atoms with Gasteiger partial charge in [-0.3, -0.25) is 9.69 Å². The van der Waals surface area contributed by atoms with Crippen molar-refractivity contribution in [3.05, 3.63) is 0 Å². The van der Waals surface area contributed by atoms with Gasteiger partial charge in [0.2, 0.25) is 5.91 Å². The van der Waals surface area contributed by atoms with E-state index in [0.717, 1.165) is 17.7 Å². The zero-order chi connectivity index (χ0) is 9.84. The molecule has 1 aliphatic rings.